The van der Waals surface area contributed by atoms with E-state index in [0.717, 1.165) is 37.6 Å². The molecule has 19 heavy (non-hydrogen) atoms. The van der Waals surface area contributed by atoms with Crippen LogP contribution in [0, 0.1) is 6.92 Å². The highest BCUT2D eigenvalue weighted by atomic mass is 16.3. The van der Waals surface area contributed by atoms with E-state index in [4.69, 9.17) is 4.42 Å². The van der Waals surface area contributed by atoms with E-state index in [-0.39, 0.29) is 6.04 Å². The van der Waals surface area contributed by atoms with Gasteiger partial charge in [0.2, 0.25) is 0 Å². The molecule has 0 bridgehead atoms. The minimum Gasteiger partial charge on any atom is -0.467 e. The third-order valence-corrected chi connectivity index (χ3v) is 3.64. The van der Waals surface area contributed by atoms with E-state index >= 15 is 0 Å². The number of aryl methyl sites for hydroxylation is 1. The first-order valence-electron chi connectivity index (χ1n) is 6.76. The first-order chi connectivity index (χ1) is 9.36. The molecule has 0 aliphatic carbocycles. The number of aromatic nitrogens is 1. The zero-order valence-electron chi connectivity index (χ0n) is 11.2. The molecule has 100 valence electrons. The van der Waals surface area contributed by atoms with Crippen LogP contribution in [0.5, 0.6) is 0 Å². The molecule has 4 heteroatoms. The van der Waals surface area contributed by atoms with Crippen molar-refractivity contribution in [1.82, 2.24) is 15.2 Å². The molecule has 1 N–H and O–H groups in total. The average molecular weight is 257 g/mol. The number of furan rings is 1. The molecule has 3 heterocycles. The van der Waals surface area contributed by atoms with Gasteiger partial charge in [-0.15, -0.1) is 0 Å². The minimum absolute atomic E-state index is 0.123. The molecular weight excluding hydrogens is 238 g/mol. The normalized spacial score (nSPS) is 18.4. The maximum atomic E-state index is 5.66. The molecule has 0 aromatic carbocycles. The second-order valence-corrected chi connectivity index (χ2v) is 4.91. The number of nitrogens with one attached hydrogen (secondary N) is 1. The molecule has 0 amide bonds. The number of rotatable bonds is 3. The molecule has 1 atom stereocenters. The van der Waals surface area contributed by atoms with Crippen molar-refractivity contribution in [3.05, 3.63) is 53.7 Å². The van der Waals surface area contributed by atoms with E-state index in [1.807, 2.05) is 24.4 Å². The van der Waals surface area contributed by atoms with Crippen molar-refractivity contribution < 1.29 is 4.42 Å². The Morgan fingerprint density at radius 3 is 2.79 bits per heavy atom. The van der Waals surface area contributed by atoms with Crippen LogP contribution in [0.3, 0.4) is 0 Å². The Morgan fingerprint density at radius 2 is 2.11 bits per heavy atom. The summed E-state index contributed by atoms with van der Waals surface area (Å²) in [4.78, 5) is 7.02. The second kappa shape index (κ2) is 5.55. The standard InChI is InChI=1S/C15H19N3O/c1-12-4-2-6-17-14(12)15(13-5-3-11-19-13)18-9-7-16-8-10-18/h2-6,11,15-16H,7-10H2,1H3. The van der Waals surface area contributed by atoms with E-state index in [2.05, 4.69) is 28.2 Å². The van der Waals surface area contributed by atoms with Crippen LogP contribution in [-0.2, 0) is 0 Å². The molecule has 1 fully saturated rings. The van der Waals surface area contributed by atoms with Gasteiger partial charge in [0.1, 0.15) is 11.8 Å². The van der Waals surface area contributed by atoms with Crippen molar-refractivity contribution >= 4 is 0 Å². The summed E-state index contributed by atoms with van der Waals surface area (Å²) in [5.74, 6) is 0.976. The van der Waals surface area contributed by atoms with Crippen molar-refractivity contribution in [2.24, 2.45) is 0 Å². The van der Waals surface area contributed by atoms with Gasteiger partial charge >= 0.3 is 0 Å². The first kappa shape index (κ1) is 12.4. The number of hydrogen-bond acceptors (Lipinski definition) is 4. The summed E-state index contributed by atoms with van der Waals surface area (Å²) < 4.78 is 5.66. The number of hydrogen-bond donors (Lipinski definition) is 1. The van der Waals surface area contributed by atoms with Crippen LogP contribution in [0.4, 0.5) is 0 Å². The van der Waals surface area contributed by atoms with Gasteiger partial charge in [0.25, 0.3) is 0 Å². The highest BCUT2D eigenvalue weighted by Crippen LogP contribution is 2.29. The van der Waals surface area contributed by atoms with Gasteiger partial charge in [0, 0.05) is 32.4 Å². The minimum atomic E-state index is 0.123. The van der Waals surface area contributed by atoms with Gasteiger partial charge in [-0.1, -0.05) is 6.07 Å². The number of piperazine rings is 1. The Balaban J connectivity index is 1.99. The Morgan fingerprint density at radius 1 is 1.26 bits per heavy atom. The van der Waals surface area contributed by atoms with Crippen molar-refractivity contribution in [3.63, 3.8) is 0 Å². The van der Waals surface area contributed by atoms with Gasteiger partial charge in [0.15, 0.2) is 0 Å². The van der Waals surface area contributed by atoms with Gasteiger partial charge in [-0.3, -0.25) is 9.88 Å². The fraction of sp³-hybridized carbons (Fsp3) is 0.400. The Bertz CT molecular complexity index is 518. The van der Waals surface area contributed by atoms with Crippen LogP contribution < -0.4 is 5.32 Å². The average Bonchev–Trinajstić information content (AvgIpc) is 2.96. The largest absolute Gasteiger partial charge is 0.467 e. The molecule has 2 aromatic heterocycles. The van der Waals surface area contributed by atoms with Crippen LogP contribution >= 0.6 is 0 Å². The van der Waals surface area contributed by atoms with E-state index < -0.39 is 0 Å². The molecule has 1 unspecified atom stereocenters. The topological polar surface area (TPSA) is 41.3 Å². The van der Waals surface area contributed by atoms with Crippen LogP contribution in [0.2, 0.25) is 0 Å². The molecule has 1 saturated heterocycles. The van der Waals surface area contributed by atoms with Gasteiger partial charge in [-0.2, -0.15) is 0 Å². The fourth-order valence-corrected chi connectivity index (χ4v) is 2.66. The lowest BCUT2D eigenvalue weighted by Gasteiger charge is -2.34. The number of pyridine rings is 1. The first-order valence-corrected chi connectivity index (χ1v) is 6.76. The smallest absolute Gasteiger partial charge is 0.127 e. The monoisotopic (exact) mass is 257 g/mol. The molecule has 1 aliphatic rings. The van der Waals surface area contributed by atoms with Gasteiger partial charge < -0.3 is 9.73 Å². The summed E-state index contributed by atoms with van der Waals surface area (Å²) in [5.41, 5.74) is 2.31. The molecule has 2 aromatic rings. The van der Waals surface area contributed by atoms with Crippen molar-refractivity contribution in [3.8, 4) is 0 Å². The molecule has 4 nitrogen and oxygen atoms in total. The molecule has 1 aliphatic heterocycles. The lowest BCUT2D eigenvalue weighted by molar-refractivity contribution is 0.176. The molecule has 0 spiro atoms. The maximum Gasteiger partial charge on any atom is 0.127 e. The van der Waals surface area contributed by atoms with E-state index in [1.165, 1.54) is 5.56 Å². The lowest BCUT2D eigenvalue weighted by Crippen LogP contribution is -2.45. The van der Waals surface area contributed by atoms with E-state index in [0.29, 0.717) is 0 Å². The van der Waals surface area contributed by atoms with Crippen LogP contribution in [-0.4, -0.2) is 36.1 Å². The van der Waals surface area contributed by atoms with Crippen molar-refractivity contribution in [1.29, 1.82) is 0 Å². The highest BCUT2D eigenvalue weighted by Gasteiger charge is 2.28. The van der Waals surface area contributed by atoms with E-state index in [1.54, 1.807) is 6.26 Å². The predicted octanol–water partition coefficient (Wildman–Crippen LogP) is 1.98. The molecule has 3 rings (SSSR count). The fourth-order valence-electron chi connectivity index (χ4n) is 2.66. The number of nitrogens with zero attached hydrogens (tertiary/aromatic N) is 2. The van der Waals surface area contributed by atoms with Crippen molar-refractivity contribution in [2.45, 2.75) is 13.0 Å². The summed E-state index contributed by atoms with van der Waals surface area (Å²) in [6.45, 7) is 6.18. The van der Waals surface area contributed by atoms with Crippen molar-refractivity contribution in [2.75, 3.05) is 26.2 Å². The maximum absolute atomic E-state index is 5.66. The zero-order chi connectivity index (χ0) is 13.1. The highest BCUT2D eigenvalue weighted by molar-refractivity contribution is 5.27. The Hall–Kier alpha value is -1.65. The lowest BCUT2D eigenvalue weighted by atomic mass is 10.0. The molecular formula is C15H19N3O. The van der Waals surface area contributed by atoms with Crippen LogP contribution in [0.25, 0.3) is 0 Å². The summed E-state index contributed by atoms with van der Waals surface area (Å²) in [6.07, 6.45) is 3.60. The van der Waals surface area contributed by atoms with Crippen LogP contribution in [0.15, 0.2) is 41.1 Å². The summed E-state index contributed by atoms with van der Waals surface area (Å²) in [5, 5.41) is 3.39. The van der Waals surface area contributed by atoms with E-state index in [9.17, 15) is 0 Å². The van der Waals surface area contributed by atoms with Gasteiger partial charge in [-0.05, 0) is 30.7 Å². The van der Waals surface area contributed by atoms with Gasteiger partial charge in [-0.25, -0.2) is 0 Å². The van der Waals surface area contributed by atoms with Gasteiger partial charge in [0.05, 0.1) is 12.0 Å². The SMILES string of the molecule is Cc1cccnc1C(c1ccco1)N1CCNCC1. The summed E-state index contributed by atoms with van der Waals surface area (Å²) in [7, 11) is 0. The van der Waals surface area contributed by atoms with Crippen LogP contribution in [0.1, 0.15) is 23.1 Å². The molecule has 0 saturated carbocycles. The Labute approximate surface area is 113 Å². The predicted molar refractivity (Wildman–Crippen MR) is 74.0 cm³/mol. The Kier molecular flexibility index (Phi) is 3.62. The third kappa shape index (κ3) is 2.55. The summed E-state index contributed by atoms with van der Waals surface area (Å²) in [6, 6.07) is 8.21. The zero-order valence-corrected chi connectivity index (χ0v) is 11.2. The molecule has 0 radical (unpaired) electrons. The third-order valence-electron chi connectivity index (χ3n) is 3.64. The summed E-state index contributed by atoms with van der Waals surface area (Å²) >= 11 is 0. The second-order valence-electron chi connectivity index (χ2n) is 4.91. The quantitative estimate of drug-likeness (QED) is 0.913.